The van der Waals surface area contributed by atoms with Gasteiger partial charge in [0.1, 0.15) is 0 Å². The molecule has 0 spiro atoms. The summed E-state index contributed by atoms with van der Waals surface area (Å²) in [5.74, 6) is -0.229. The quantitative estimate of drug-likeness (QED) is 0.572. The first-order valence-electron chi connectivity index (χ1n) is 9.67. The number of sulfonamides is 1. The second kappa shape index (κ2) is 9.13. The number of benzene rings is 3. The molecule has 1 amide bonds. The molecule has 156 valence electrons. The van der Waals surface area contributed by atoms with Gasteiger partial charge in [-0.15, -0.1) is 0 Å². The lowest BCUT2D eigenvalue weighted by molar-refractivity contribution is 0.0786. The molecule has 0 bridgehead atoms. The smallest absolute Gasteiger partial charge is 0.256 e. The van der Waals surface area contributed by atoms with Crippen molar-refractivity contribution in [3.05, 3.63) is 101 Å². The van der Waals surface area contributed by atoms with Gasteiger partial charge in [-0.2, -0.15) is 0 Å². The van der Waals surface area contributed by atoms with Crippen molar-refractivity contribution in [2.75, 3.05) is 17.6 Å². The van der Waals surface area contributed by atoms with Crippen LogP contribution >= 0.6 is 0 Å². The molecule has 0 fully saturated rings. The zero-order chi connectivity index (χ0) is 21.7. The van der Waals surface area contributed by atoms with Crippen LogP contribution in [0.2, 0.25) is 0 Å². The molecule has 0 radical (unpaired) electrons. The predicted molar refractivity (Wildman–Crippen MR) is 121 cm³/mol. The van der Waals surface area contributed by atoms with E-state index in [0.29, 0.717) is 17.8 Å². The topological polar surface area (TPSA) is 57.7 Å². The summed E-state index contributed by atoms with van der Waals surface area (Å²) in [4.78, 5) is 14.8. The number of nitrogens with zero attached hydrogens (tertiary/aromatic N) is 2. The molecule has 3 rings (SSSR count). The lowest BCUT2D eigenvalue weighted by atomic mass is 10.1. The molecule has 3 aromatic carbocycles. The minimum atomic E-state index is -3.60. The van der Waals surface area contributed by atoms with Gasteiger partial charge in [0, 0.05) is 13.6 Å². The Morgan fingerprint density at radius 3 is 2.00 bits per heavy atom. The fourth-order valence-electron chi connectivity index (χ4n) is 3.25. The standard InChI is InChI=1S/C24H26N2O3S/c1-19-13-15-21(16-14-19)17-25(2)24(27)22-11-7-8-12-23(22)26(30(3,28)29)18-20-9-5-4-6-10-20/h4-16H,17-18H2,1-3H3. The van der Waals surface area contributed by atoms with Crippen molar-refractivity contribution in [1.82, 2.24) is 4.90 Å². The van der Waals surface area contributed by atoms with Crippen LogP contribution in [0.15, 0.2) is 78.9 Å². The van der Waals surface area contributed by atoms with E-state index in [1.54, 1.807) is 36.2 Å². The maximum Gasteiger partial charge on any atom is 0.256 e. The van der Waals surface area contributed by atoms with E-state index >= 15 is 0 Å². The summed E-state index contributed by atoms with van der Waals surface area (Å²) in [7, 11) is -1.88. The first-order valence-corrected chi connectivity index (χ1v) is 11.5. The maximum absolute atomic E-state index is 13.2. The van der Waals surface area contributed by atoms with Crippen LogP contribution in [0.3, 0.4) is 0 Å². The Bertz CT molecular complexity index is 1110. The summed E-state index contributed by atoms with van der Waals surface area (Å²) in [6.45, 7) is 2.61. The van der Waals surface area contributed by atoms with Crippen molar-refractivity contribution < 1.29 is 13.2 Å². The van der Waals surface area contributed by atoms with Crippen LogP contribution in [-0.2, 0) is 23.1 Å². The number of rotatable bonds is 7. The van der Waals surface area contributed by atoms with Crippen molar-refractivity contribution in [1.29, 1.82) is 0 Å². The summed E-state index contributed by atoms with van der Waals surface area (Å²) < 4.78 is 26.5. The molecule has 0 heterocycles. The molecule has 0 aliphatic rings. The van der Waals surface area contributed by atoms with Crippen molar-refractivity contribution >= 4 is 21.6 Å². The number of anilines is 1. The number of carbonyl (C=O) groups excluding carboxylic acids is 1. The van der Waals surface area contributed by atoms with Gasteiger partial charge in [-0.3, -0.25) is 9.10 Å². The van der Waals surface area contributed by atoms with Crippen molar-refractivity contribution in [3.63, 3.8) is 0 Å². The molecule has 0 N–H and O–H groups in total. The molecule has 0 atom stereocenters. The third-order valence-electron chi connectivity index (χ3n) is 4.86. The molecule has 5 nitrogen and oxygen atoms in total. The SMILES string of the molecule is Cc1ccc(CN(C)C(=O)c2ccccc2N(Cc2ccccc2)S(C)(=O)=O)cc1. The molecule has 0 aliphatic heterocycles. The molecule has 6 heteroatoms. The Labute approximate surface area is 178 Å². The largest absolute Gasteiger partial charge is 0.337 e. The Hall–Kier alpha value is -3.12. The summed E-state index contributed by atoms with van der Waals surface area (Å²) >= 11 is 0. The van der Waals surface area contributed by atoms with E-state index in [0.717, 1.165) is 22.9 Å². The van der Waals surface area contributed by atoms with E-state index in [-0.39, 0.29) is 12.5 Å². The third-order valence-corrected chi connectivity index (χ3v) is 5.99. The van der Waals surface area contributed by atoms with E-state index in [2.05, 4.69) is 0 Å². The second-order valence-electron chi connectivity index (χ2n) is 7.42. The molecule has 0 aliphatic carbocycles. The summed E-state index contributed by atoms with van der Waals surface area (Å²) in [5.41, 5.74) is 3.75. The van der Waals surface area contributed by atoms with Gasteiger partial charge < -0.3 is 4.90 Å². The number of carbonyl (C=O) groups is 1. The van der Waals surface area contributed by atoms with Crippen LogP contribution < -0.4 is 4.31 Å². The molecule has 0 saturated carbocycles. The normalized spacial score (nSPS) is 11.2. The number of amides is 1. The fourth-order valence-corrected chi connectivity index (χ4v) is 4.15. The summed E-state index contributed by atoms with van der Waals surface area (Å²) in [5, 5.41) is 0. The monoisotopic (exact) mass is 422 g/mol. The van der Waals surface area contributed by atoms with Crippen molar-refractivity contribution in [3.8, 4) is 0 Å². The van der Waals surface area contributed by atoms with Crippen LogP contribution in [-0.4, -0.2) is 32.5 Å². The van der Waals surface area contributed by atoms with E-state index in [4.69, 9.17) is 0 Å². The average Bonchev–Trinajstić information content (AvgIpc) is 2.73. The van der Waals surface area contributed by atoms with E-state index in [9.17, 15) is 13.2 Å². The van der Waals surface area contributed by atoms with Gasteiger partial charge in [-0.1, -0.05) is 72.3 Å². The molecule has 0 aromatic heterocycles. The molecular weight excluding hydrogens is 396 g/mol. The number of aryl methyl sites for hydroxylation is 1. The second-order valence-corrected chi connectivity index (χ2v) is 9.33. The molecule has 0 unspecified atom stereocenters. The first kappa shape index (κ1) is 21.6. The minimum Gasteiger partial charge on any atom is -0.337 e. The lowest BCUT2D eigenvalue weighted by Gasteiger charge is -2.26. The van der Waals surface area contributed by atoms with Crippen molar-refractivity contribution in [2.24, 2.45) is 0 Å². The van der Waals surface area contributed by atoms with Gasteiger partial charge in [0.15, 0.2) is 0 Å². The maximum atomic E-state index is 13.2. The first-order chi connectivity index (χ1) is 14.3. The number of hydrogen-bond donors (Lipinski definition) is 0. The van der Waals surface area contributed by atoms with Crippen LogP contribution in [0.1, 0.15) is 27.0 Å². The van der Waals surface area contributed by atoms with Gasteiger partial charge >= 0.3 is 0 Å². The van der Waals surface area contributed by atoms with E-state index in [1.165, 1.54) is 4.31 Å². The van der Waals surface area contributed by atoms with E-state index < -0.39 is 10.0 Å². The highest BCUT2D eigenvalue weighted by Crippen LogP contribution is 2.26. The lowest BCUT2D eigenvalue weighted by Crippen LogP contribution is -2.33. The Balaban J connectivity index is 1.92. The highest BCUT2D eigenvalue weighted by molar-refractivity contribution is 7.92. The number of hydrogen-bond acceptors (Lipinski definition) is 3. The molecule has 3 aromatic rings. The average molecular weight is 423 g/mol. The van der Waals surface area contributed by atoms with Gasteiger partial charge in [-0.25, -0.2) is 8.42 Å². The van der Waals surface area contributed by atoms with Crippen LogP contribution in [0.25, 0.3) is 0 Å². The van der Waals surface area contributed by atoms with Gasteiger partial charge in [0.2, 0.25) is 10.0 Å². The Morgan fingerprint density at radius 2 is 1.37 bits per heavy atom. The van der Waals surface area contributed by atoms with Crippen LogP contribution in [0, 0.1) is 6.92 Å². The third kappa shape index (κ3) is 5.27. The van der Waals surface area contributed by atoms with Gasteiger partial charge in [0.05, 0.1) is 24.1 Å². The van der Waals surface area contributed by atoms with Gasteiger partial charge in [-0.05, 0) is 30.2 Å². The molecule has 0 saturated heterocycles. The zero-order valence-electron chi connectivity index (χ0n) is 17.4. The minimum absolute atomic E-state index is 0.158. The zero-order valence-corrected chi connectivity index (χ0v) is 18.3. The van der Waals surface area contributed by atoms with E-state index in [1.807, 2.05) is 61.5 Å². The molecule has 30 heavy (non-hydrogen) atoms. The highest BCUT2D eigenvalue weighted by Gasteiger charge is 2.24. The summed E-state index contributed by atoms with van der Waals surface area (Å²) in [6.07, 6.45) is 1.16. The fraction of sp³-hybridized carbons (Fsp3) is 0.208. The molecular formula is C24H26N2O3S. The highest BCUT2D eigenvalue weighted by atomic mass is 32.2. The Morgan fingerprint density at radius 1 is 0.800 bits per heavy atom. The predicted octanol–water partition coefficient (Wildman–Crippen LogP) is 4.23. The number of para-hydroxylation sites is 1. The summed E-state index contributed by atoms with van der Waals surface area (Å²) in [6, 6.07) is 24.2. The van der Waals surface area contributed by atoms with Crippen molar-refractivity contribution in [2.45, 2.75) is 20.0 Å². The Kier molecular flexibility index (Phi) is 6.57. The van der Waals surface area contributed by atoms with Crippen LogP contribution in [0.4, 0.5) is 5.69 Å². The van der Waals surface area contributed by atoms with Crippen LogP contribution in [0.5, 0.6) is 0 Å². The van der Waals surface area contributed by atoms with Gasteiger partial charge in [0.25, 0.3) is 5.91 Å².